The SMILES string of the molecule is O=C(O)Cc1cn(CCCN2CCCC2)c2ccccc12. The predicted molar refractivity (Wildman–Crippen MR) is 83.6 cm³/mol. The molecule has 1 N–H and O–H groups in total. The van der Waals surface area contributed by atoms with Crippen LogP contribution in [0.4, 0.5) is 0 Å². The van der Waals surface area contributed by atoms with Gasteiger partial charge in [0.15, 0.2) is 0 Å². The van der Waals surface area contributed by atoms with Crippen LogP contribution in [0.2, 0.25) is 0 Å². The third kappa shape index (κ3) is 3.27. The smallest absolute Gasteiger partial charge is 0.307 e. The number of nitrogens with zero attached hydrogens (tertiary/aromatic N) is 2. The minimum absolute atomic E-state index is 0.0969. The van der Waals surface area contributed by atoms with Crippen LogP contribution in [0.3, 0.4) is 0 Å². The molecule has 2 heterocycles. The van der Waals surface area contributed by atoms with E-state index >= 15 is 0 Å². The van der Waals surface area contributed by atoms with E-state index in [0.717, 1.165) is 36.0 Å². The number of benzene rings is 1. The van der Waals surface area contributed by atoms with Gasteiger partial charge < -0.3 is 14.6 Å². The Labute approximate surface area is 125 Å². The fraction of sp³-hybridized carbons (Fsp3) is 0.471. The van der Waals surface area contributed by atoms with Crippen molar-refractivity contribution in [1.29, 1.82) is 0 Å². The van der Waals surface area contributed by atoms with Gasteiger partial charge in [0.25, 0.3) is 0 Å². The van der Waals surface area contributed by atoms with Crippen molar-refractivity contribution in [2.24, 2.45) is 0 Å². The van der Waals surface area contributed by atoms with Crippen LogP contribution in [0, 0.1) is 0 Å². The van der Waals surface area contributed by atoms with Gasteiger partial charge in [-0.25, -0.2) is 0 Å². The largest absolute Gasteiger partial charge is 0.481 e. The zero-order valence-electron chi connectivity index (χ0n) is 12.3. The molecule has 21 heavy (non-hydrogen) atoms. The van der Waals surface area contributed by atoms with Gasteiger partial charge in [-0.15, -0.1) is 0 Å². The maximum absolute atomic E-state index is 11.0. The van der Waals surface area contributed by atoms with E-state index in [1.807, 2.05) is 24.4 Å². The molecule has 0 saturated carbocycles. The number of aliphatic carboxylic acids is 1. The molecule has 0 bridgehead atoms. The van der Waals surface area contributed by atoms with Gasteiger partial charge in [-0.1, -0.05) is 18.2 Å². The van der Waals surface area contributed by atoms with Gasteiger partial charge in [-0.3, -0.25) is 4.79 Å². The van der Waals surface area contributed by atoms with E-state index in [9.17, 15) is 4.79 Å². The molecular weight excluding hydrogens is 264 g/mol. The Balaban J connectivity index is 1.73. The second-order valence-corrected chi connectivity index (χ2v) is 5.84. The summed E-state index contributed by atoms with van der Waals surface area (Å²) >= 11 is 0. The number of aryl methyl sites for hydroxylation is 1. The molecule has 0 unspecified atom stereocenters. The van der Waals surface area contributed by atoms with Crippen molar-refractivity contribution >= 4 is 16.9 Å². The van der Waals surface area contributed by atoms with Crippen molar-refractivity contribution in [3.8, 4) is 0 Å². The van der Waals surface area contributed by atoms with Crippen molar-refractivity contribution < 1.29 is 9.90 Å². The summed E-state index contributed by atoms with van der Waals surface area (Å²) in [7, 11) is 0. The fourth-order valence-corrected chi connectivity index (χ4v) is 3.28. The number of carbonyl (C=O) groups is 1. The van der Waals surface area contributed by atoms with Crippen molar-refractivity contribution in [3.63, 3.8) is 0 Å². The molecule has 3 rings (SSSR count). The molecule has 0 amide bonds. The van der Waals surface area contributed by atoms with Crippen LogP contribution in [0.5, 0.6) is 0 Å². The van der Waals surface area contributed by atoms with E-state index in [4.69, 9.17) is 5.11 Å². The molecule has 0 radical (unpaired) electrons. The molecular formula is C17H22N2O2. The van der Waals surface area contributed by atoms with Crippen LogP contribution >= 0.6 is 0 Å². The van der Waals surface area contributed by atoms with Crippen molar-refractivity contribution in [3.05, 3.63) is 36.0 Å². The van der Waals surface area contributed by atoms with Crippen LogP contribution < -0.4 is 0 Å². The number of para-hydroxylation sites is 1. The molecule has 2 aromatic rings. The van der Waals surface area contributed by atoms with Crippen LogP contribution in [0.25, 0.3) is 10.9 Å². The van der Waals surface area contributed by atoms with Gasteiger partial charge in [-0.2, -0.15) is 0 Å². The molecule has 0 aliphatic carbocycles. The van der Waals surface area contributed by atoms with Gasteiger partial charge in [0, 0.05) is 23.6 Å². The first-order chi connectivity index (χ1) is 10.2. The lowest BCUT2D eigenvalue weighted by Crippen LogP contribution is -2.21. The highest BCUT2D eigenvalue weighted by molar-refractivity contribution is 5.87. The molecule has 1 aliphatic heterocycles. The first-order valence-corrected chi connectivity index (χ1v) is 7.75. The van der Waals surface area contributed by atoms with E-state index in [1.54, 1.807) is 0 Å². The highest BCUT2D eigenvalue weighted by Gasteiger charge is 2.13. The van der Waals surface area contributed by atoms with Gasteiger partial charge in [0.1, 0.15) is 0 Å². The number of hydrogen-bond donors (Lipinski definition) is 1. The summed E-state index contributed by atoms with van der Waals surface area (Å²) in [5.74, 6) is -0.769. The summed E-state index contributed by atoms with van der Waals surface area (Å²) in [6.45, 7) is 4.56. The summed E-state index contributed by atoms with van der Waals surface area (Å²) in [5.41, 5.74) is 2.06. The number of hydrogen-bond acceptors (Lipinski definition) is 2. The third-order valence-electron chi connectivity index (χ3n) is 4.28. The molecule has 1 aliphatic rings. The molecule has 1 fully saturated rings. The summed E-state index contributed by atoms with van der Waals surface area (Å²) in [4.78, 5) is 13.5. The minimum Gasteiger partial charge on any atom is -0.481 e. The molecule has 1 aromatic carbocycles. The maximum Gasteiger partial charge on any atom is 0.307 e. The van der Waals surface area contributed by atoms with Crippen molar-refractivity contribution in [2.75, 3.05) is 19.6 Å². The third-order valence-corrected chi connectivity index (χ3v) is 4.28. The van der Waals surface area contributed by atoms with Crippen molar-refractivity contribution in [2.45, 2.75) is 32.2 Å². The number of likely N-dealkylation sites (tertiary alicyclic amines) is 1. The summed E-state index contributed by atoms with van der Waals surface area (Å²) in [6, 6.07) is 8.09. The lowest BCUT2D eigenvalue weighted by Gasteiger charge is -2.14. The molecule has 1 aromatic heterocycles. The van der Waals surface area contributed by atoms with Crippen LogP contribution in [-0.4, -0.2) is 40.2 Å². The lowest BCUT2D eigenvalue weighted by molar-refractivity contribution is -0.136. The van der Waals surface area contributed by atoms with Gasteiger partial charge in [0.05, 0.1) is 6.42 Å². The van der Waals surface area contributed by atoms with E-state index in [-0.39, 0.29) is 6.42 Å². The number of carboxylic acid groups (broad SMARTS) is 1. The molecule has 0 spiro atoms. The number of carboxylic acids is 1. The van der Waals surface area contributed by atoms with Crippen molar-refractivity contribution in [1.82, 2.24) is 9.47 Å². The second kappa shape index (κ2) is 6.31. The minimum atomic E-state index is -0.769. The van der Waals surface area contributed by atoms with E-state index in [1.165, 1.54) is 25.9 Å². The number of aromatic nitrogens is 1. The molecule has 1 saturated heterocycles. The van der Waals surface area contributed by atoms with Gasteiger partial charge in [-0.05, 0) is 50.5 Å². The Kier molecular flexibility index (Phi) is 4.25. The number of fused-ring (bicyclic) bond motifs is 1. The molecule has 4 heteroatoms. The second-order valence-electron chi connectivity index (χ2n) is 5.84. The Morgan fingerprint density at radius 3 is 2.67 bits per heavy atom. The normalized spacial score (nSPS) is 15.8. The average Bonchev–Trinajstić information content (AvgIpc) is 3.08. The van der Waals surface area contributed by atoms with Crippen LogP contribution in [0.1, 0.15) is 24.8 Å². The van der Waals surface area contributed by atoms with Crippen LogP contribution in [0.15, 0.2) is 30.5 Å². The monoisotopic (exact) mass is 286 g/mol. The zero-order valence-corrected chi connectivity index (χ0v) is 12.3. The standard InChI is InChI=1S/C17H22N2O2/c20-17(21)12-14-13-19(16-7-2-1-6-15(14)16)11-5-10-18-8-3-4-9-18/h1-2,6-7,13H,3-5,8-12H2,(H,20,21). The Morgan fingerprint density at radius 2 is 1.90 bits per heavy atom. The molecule has 0 atom stereocenters. The maximum atomic E-state index is 11.0. The van der Waals surface area contributed by atoms with E-state index in [2.05, 4.69) is 15.5 Å². The Hall–Kier alpha value is -1.81. The highest BCUT2D eigenvalue weighted by atomic mass is 16.4. The van der Waals surface area contributed by atoms with E-state index in [0.29, 0.717) is 0 Å². The average molecular weight is 286 g/mol. The van der Waals surface area contributed by atoms with E-state index < -0.39 is 5.97 Å². The first-order valence-electron chi connectivity index (χ1n) is 7.75. The summed E-state index contributed by atoms with van der Waals surface area (Å²) in [6.07, 6.45) is 5.89. The van der Waals surface area contributed by atoms with Gasteiger partial charge in [0.2, 0.25) is 0 Å². The van der Waals surface area contributed by atoms with Gasteiger partial charge >= 0.3 is 5.97 Å². The molecule has 112 valence electrons. The Bertz CT molecular complexity index is 627. The predicted octanol–water partition coefficient (Wildman–Crippen LogP) is 2.75. The molecule has 4 nitrogen and oxygen atoms in total. The quantitative estimate of drug-likeness (QED) is 0.888. The lowest BCUT2D eigenvalue weighted by atomic mass is 10.1. The fourth-order valence-electron chi connectivity index (χ4n) is 3.28. The number of rotatable bonds is 6. The first kappa shape index (κ1) is 14.1. The summed E-state index contributed by atoms with van der Waals surface area (Å²) < 4.78 is 2.21. The topological polar surface area (TPSA) is 45.5 Å². The Morgan fingerprint density at radius 1 is 1.14 bits per heavy atom. The summed E-state index contributed by atoms with van der Waals surface area (Å²) in [5, 5.41) is 10.1. The highest BCUT2D eigenvalue weighted by Crippen LogP contribution is 2.22. The van der Waals surface area contributed by atoms with Crippen LogP contribution in [-0.2, 0) is 17.8 Å². The zero-order chi connectivity index (χ0) is 14.7.